The summed E-state index contributed by atoms with van der Waals surface area (Å²) in [5, 5.41) is 2.87. The van der Waals surface area contributed by atoms with Crippen molar-refractivity contribution >= 4 is 29.3 Å². The van der Waals surface area contributed by atoms with Gasteiger partial charge < -0.3 is 10.2 Å². The number of hydrogen-bond donors (Lipinski definition) is 1. The zero-order chi connectivity index (χ0) is 19.2. The van der Waals surface area contributed by atoms with E-state index in [4.69, 9.17) is 0 Å². The van der Waals surface area contributed by atoms with Gasteiger partial charge in [0.15, 0.2) is 0 Å². The van der Waals surface area contributed by atoms with Gasteiger partial charge in [0.25, 0.3) is 0 Å². The van der Waals surface area contributed by atoms with Crippen molar-refractivity contribution in [2.75, 3.05) is 24.7 Å². The van der Waals surface area contributed by atoms with Crippen molar-refractivity contribution in [2.24, 2.45) is 0 Å². The summed E-state index contributed by atoms with van der Waals surface area (Å²) >= 11 is 1.21. The number of amides is 2. The fourth-order valence-corrected chi connectivity index (χ4v) is 2.81. The van der Waals surface area contributed by atoms with E-state index in [2.05, 4.69) is 10.3 Å². The van der Waals surface area contributed by atoms with E-state index < -0.39 is 17.6 Å². The van der Waals surface area contributed by atoms with Crippen LogP contribution < -0.4 is 5.32 Å². The molecule has 0 aliphatic heterocycles. The van der Waals surface area contributed by atoms with Gasteiger partial charge in [-0.2, -0.15) is 13.2 Å². The third-order valence-corrected chi connectivity index (χ3v) is 4.22. The third-order valence-electron chi connectivity index (χ3n) is 3.29. The van der Waals surface area contributed by atoms with Gasteiger partial charge in [0.1, 0.15) is 0 Å². The van der Waals surface area contributed by atoms with Gasteiger partial charge >= 0.3 is 6.18 Å². The molecule has 9 heteroatoms. The number of likely N-dealkylation sites (N-methyl/N-ethyl adjacent to an activating group) is 1. The van der Waals surface area contributed by atoms with Crippen molar-refractivity contribution < 1.29 is 22.8 Å². The second-order valence-electron chi connectivity index (χ2n) is 5.30. The lowest BCUT2D eigenvalue weighted by Crippen LogP contribution is -2.36. The molecule has 0 fully saturated rings. The number of alkyl halides is 3. The molecule has 0 aliphatic carbocycles. The number of benzene rings is 1. The molecule has 0 saturated heterocycles. The molecule has 2 rings (SSSR count). The summed E-state index contributed by atoms with van der Waals surface area (Å²) < 4.78 is 38.8. The highest BCUT2D eigenvalue weighted by Gasteiger charge is 2.33. The van der Waals surface area contributed by atoms with E-state index in [1.165, 1.54) is 37.0 Å². The largest absolute Gasteiger partial charge is 0.418 e. The molecule has 0 saturated carbocycles. The van der Waals surface area contributed by atoms with Crippen LogP contribution in [0.25, 0.3) is 0 Å². The minimum absolute atomic E-state index is 0.0694. The maximum atomic E-state index is 12.9. The van der Waals surface area contributed by atoms with Crippen LogP contribution in [-0.4, -0.2) is 41.0 Å². The Bertz CT molecular complexity index is 769. The first-order chi connectivity index (χ1) is 12.3. The Balaban J connectivity index is 1.90. The van der Waals surface area contributed by atoms with Gasteiger partial charge in [0, 0.05) is 13.2 Å². The van der Waals surface area contributed by atoms with Crippen molar-refractivity contribution in [1.82, 2.24) is 9.88 Å². The third kappa shape index (κ3) is 5.76. The van der Waals surface area contributed by atoms with E-state index in [-0.39, 0.29) is 23.9 Å². The Morgan fingerprint density at radius 3 is 2.50 bits per heavy atom. The molecule has 1 aromatic carbocycles. The molecule has 1 heterocycles. The lowest BCUT2D eigenvalue weighted by atomic mass is 10.1. The zero-order valence-corrected chi connectivity index (χ0v) is 14.6. The summed E-state index contributed by atoms with van der Waals surface area (Å²) in [5.41, 5.74) is -1.28. The van der Waals surface area contributed by atoms with Gasteiger partial charge in [-0.05, 0) is 24.3 Å². The molecule has 0 aliphatic rings. The summed E-state index contributed by atoms with van der Waals surface area (Å²) in [4.78, 5) is 29.3. The minimum Gasteiger partial charge on any atom is -0.336 e. The Morgan fingerprint density at radius 1 is 1.15 bits per heavy atom. The van der Waals surface area contributed by atoms with Gasteiger partial charge in [0.2, 0.25) is 11.8 Å². The quantitative estimate of drug-likeness (QED) is 0.778. The fourth-order valence-electron chi connectivity index (χ4n) is 2.01. The second kappa shape index (κ2) is 8.70. The molecular weight excluding hydrogens is 367 g/mol. The lowest BCUT2D eigenvalue weighted by Gasteiger charge is -2.18. The standard InChI is InChI=1S/C17H16F3N3O2S/c1-23(16(25)11-26-15-8-4-5-9-21-15)10-14(24)22-13-7-3-2-6-12(13)17(18,19)20/h2-9H,10-11H2,1H3,(H,22,24). The summed E-state index contributed by atoms with van der Waals surface area (Å²) in [6, 6.07) is 9.97. The first kappa shape index (κ1) is 19.8. The van der Waals surface area contributed by atoms with Gasteiger partial charge in [0.05, 0.1) is 28.6 Å². The number of nitrogens with zero attached hydrogens (tertiary/aromatic N) is 2. The van der Waals surface area contributed by atoms with E-state index in [1.54, 1.807) is 24.4 Å². The van der Waals surface area contributed by atoms with Crippen LogP contribution >= 0.6 is 11.8 Å². The highest BCUT2D eigenvalue weighted by molar-refractivity contribution is 7.99. The Kier molecular flexibility index (Phi) is 6.62. The maximum Gasteiger partial charge on any atom is 0.418 e. The van der Waals surface area contributed by atoms with Crippen LogP contribution in [0.2, 0.25) is 0 Å². The highest BCUT2D eigenvalue weighted by Crippen LogP contribution is 2.34. The predicted molar refractivity (Wildman–Crippen MR) is 92.7 cm³/mol. The van der Waals surface area contributed by atoms with Crippen molar-refractivity contribution in [1.29, 1.82) is 0 Å². The van der Waals surface area contributed by atoms with E-state index in [9.17, 15) is 22.8 Å². The van der Waals surface area contributed by atoms with Crippen LogP contribution in [0.4, 0.5) is 18.9 Å². The molecule has 0 unspecified atom stereocenters. The van der Waals surface area contributed by atoms with Gasteiger partial charge in [-0.25, -0.2) is 4.98 Å². The number of rotatable bonds is 6. The van der Waals surface area contributed by atoms with Crippen LogP contribution in [-0.2, 0) is 15.8 Å². The number of nitrogens with one attached hydrogen (secondary N) is 1. The summed E-state index contributed by atoms with van der Waals surface area (Å²) in [6.07, 6.45) is -2.98. The molecule has 0 bridgehead atoms. The van der Waals surface area contributed by atoms with Crippen molar-refractivity contribution in [2.45, 2.75) is 11.2 Å². The zero-order valence-electron chi connectivity index (χ0n) is 13.8. The summed E-state index contributed by atoms with van der Waals surface area (Å²) in [7, 11) is 1.41. The number of carbonyl (C=O) groups excluding carboxylic acids is 2. The van der Waals surface area contributed by atoms with Crippen LogP contribution in [0.3, 0.4) is 0 Å². The minimum atomic E-state index is -4.58. The van der Waals surface area contributed by atoms with Crippen molar-refractivity contribution in [3.63, 3.8) is 0 Å². The normalized spacial score (nSPS) is 11.1. The predicted octanol–water partition coefficient (Wildman–Crippen LogP) is 3.29. The molecule has 0 spiro atoms. The number of aromatic nitrogens is 1. The average Bonchev–Trinajstić information content (AvgIpc) is 2.60. The molecule has 2 amide bonds. The van der Waals surface area contributed by atoms with Crippen LogP contribution in [0, 0.1) is 0 Å². The molecule has 0 radical (unpaired) electrons. The lowest BCUT2D eigenvalue weighted by molar-refractivity contribution is -0.137. The van der Waals surface area contributed by atoms with E-state index >= 15 is 0 Å². The fraction of sp³-hybridized carbons (Fsp3) is 0.235. The maximum absolute atomic E-state index is 12.9. The Hall–Kier alpha value is -2.55. The monoisotopic (exact) mass is 383 g/mol. The number of carbonyl (C=O) groups is 2. The molecule has 1 N–H and O–H groups in total. The number of halogens is 3. The molecule has 5 nitrogen and oxygen atoms in total. The van der Waals surface area contributed by atoms with E-state index in [1.807, 2.05) is 0 Å². The molecule has 138 valence electrons. The molecule has 1 aromatic heterocycles. The number of anilines is 1. The van der Waals surface area contributed by atoms with E-state index in [0.717, 1.165) is 11.0 Å². The van der Waals surface area contributed by atoms with Gasteiger partial charge in [-0.1, -0.05) is 30.0 Å². The first-order valence-electron chi connectivity index (χ1n) is 7.51. The number of hydrogen-bond acceptors (Lipinski definition) is 4. The number of thioether (sulfide) groups is 1. The topological polar surface area (TPSA) is 62.3 Å². The smallest absolute Gasteiger partial charge is 0.336 e. The van der Waals surface area contributed by atoms with Gasteiger partial charge in [-0.15, -0.1) is 0 Å². The molecular formula is C17H16F3N3O2S. The van der Waals surface area contributed by atoms with Crippen molar-refractivity contribution in [3.05, 3.63) is 54.2 Å². The number of para-hydroxylation sites is 1. The Labute approximate surface area is 152 Å². The highest BCUT2D eigenvalue weighted by atomic mass is 32.2. The van der Waals surface area contributed by atoms with Crippen molar-refractivity contribution in [3.8, 4) is 0 Å². The van der Waals surface area contributed by atoms with Gasteiger partial charge in [-0.3, -0.25) is 9.59 Å². The average molecular weight is 383 g/mol. The van der Waals surface area contributed by atoms with Crippen LogP contribution in [0.15, 0.2) is 53.7 Å². The summed E-state index contributed by atoms with van der Waals surface area (Å²) in [6.45, 7) is -0.353. The SMILES string of the molecule is CN(CC(=O)Nc1ccccc1C(F)(F)F)C(=O)CSc1ccccn1. The molecule has 0 atom stereocenters. The summed E-state index contributed by atoms with van der Waals surface area (Å²) in [5.74, 6) is -0.972. The Morgan fingerprint density at radius 2 is 1.85 bits per heavy atom. The van der Waals surface area contributed by atoms with E-state index in [0.29, 0.717) is 5.03 Å². The molecule has 2 aromatic rings. The number of pyridine rings is 1. The van der Waals surface area contributed by atoms with Crippen LogP contribution in [0.1, 0.15) is 5.56 Å². The van der Waals surface area contributed by atoms with Crippen LogP contribution in [0.5, 0.6) is 0 Å². The first-order valence-corrected chi connectivity index (χ1v) is 8.50. The second-order valence-corrected chi connectivity index (χ2v) is 6.29. The molecule has 26 heavy (non-hydrogen) atoms.